The predicted octanol–water partition coefficient (Wildman–Crippen LogP) is 4.93. The van der Waals surface area contributed by atoms with Crippen LogP contribution >= 0.6 is 22.9 Å². The molecule has 3 heteroatoms. The third kappa shape index (κ3) is 2.50. The molecule has 0 fully saturated rings. The normalized spacial score (nSPS) is 11.6. The summed E-state index contributed by atoms with van der Waals surface area (Å²) in [7, 11) is 0. The highest BCUT2D eigenvalue weighted by molar-refractivity contribution is 7.13. The maximum absolute atomic E-state index is 12.5. The Morgan fingerprint density at radius 2 is 1.83 bits per heavy atom. The standard InChI is InChI=1S/C15H15ClOS/c1-15(2,3)11-7-5-4-6-10(11)13(17)14-12(16)8-9-18-14/h4-9H,1-3H3. The molecule has 0 N–H and O–H groups in total. The summed E-state index contributed by atoms with van der Waals surface area (Å²) >= 11 is 7.43. The van der Waals surface area contributed by atoms with Gasteiger partial charge in [-0.05, 0) is 22.4 Å². The van der Waals surface area contributed by atoms with Gasteiger partial charge >= 0.3 is 0 Å². The number of hydrogen-bond acceptors (Lipinski definition) is 2. The highest BCUT2D eigenvalue weighted by Gasteiger charge is 2.23. The summed E-state index contributed by atoms with van der Waals surface area (Å²) in [6.45, 7) is 6.32. The molecule has 0 bridgehead atoms. The minimum Gasteiger partial charge on any atom is -0.288 e. The molecule has 2 aromatic rings. The lowest BCUT2D eigenvalue weighted by molar-refractivity contribution is 0.104. The summed E-state index contributed by atoms with van der Waals surface area (Å²) in [5, 5.41) is 2.38. The zero-order valence-corrected chi connectivity index (χ0v) is 12.2. The van der Waals surface area contributed by atoms with E-state index in [1.54, 1.807) is 6.07 Å². The first-order valence-corrected chi connectivity index (χ1v) is 7.04. The second-order valence-electron chi connectivity index (χ2n) is 5.22. The fourth-order valence-electron chi connectivity index (χ4n) is 1.91. The number of hydrogen-bond donors (Lipinski definition) is 0. The summed E-state index contributed by atoms with van der Waals surface area (Å²) in [5.41, 5.74) is 1.74. The smallest absolute Gasteiger partial charge is 0.204 e. The summed E-state index contributed by atoms with van der Waals surface area (Å²) in [6, 6.07) is 9.50. The first-order chi connectivity index (χ1) is 8.41. The summed E-state index contributed by atoms with van der Waals surface area (Å²) in [4.78, 5) is 13.1. The van der Waals surface area contributed by atoms with Gasteiger partial charge in [-0.3, -0.25) is 4.79 Å². The molecule has 0 aliphatic heterocycles. The summed E-state index contributed by atoms with van der Waals surface area (Å²) in [5.74, 6) is 0.0144. The second-order valence-corrected chi connectivity index (χ2v) is 6.55. The number of carbonyl (C=O) groups is 1. The number of rotatable bonds is 2. The van der Waals surface area contributed by atoms with Crippen molar-refractivity contribution in [2.75, 3.05) is 0 Å². The topological polar surface area (TPSA) is 17.1 Å². The highest BCUT2D eigenvalue weighted by atomic mass is 35.5. The van der Waals surface area contributed by atoms with Gasteiger partial charge in [-0.25, -0.2) is 0 Å². The molecule has 94 valence electrons. The average molecular weight is 279 g/mol. The molecule has 0 saturated carbocycles. The van der Waals surface area contributed by atoms with Crippen molar-refractivity contribution in [3.05, 3.63) is 56.7 Å². The van der Waals surface area contributed by atoms with Gasteiger partial charge in [0.1, 0.15) is 0 Å². The van der Waals surface area contributed by atoms with Crippen LogP contribution in [0, 0.1) is 0 Å². The van der Waals surface area contributed by atoms with E-state index in [0.717, 1.165) is 11.1 Å². The van der Waals surface area contributed by atoms with Crippen molar-refractivity contribution in [3.8, 4) is 0 Å². The molecular weight excluding hydrogens is 264 g/mol. The minimum absolute atomic E-state index is 0.0144. The molecule has 0 unspecified atom stereocenters. The van der Waals surface area contributed by atoms with Crippen LogP contribution in [0.5, 0.6) is 0 Å². The number of benzene rings is 1. The number of halogens is 1. The van der Waals surface area contributed by atoms with Crippen LogP contribution in [-0.2, 0) is 5.41 Å². The van der Waals surface area contributed by atoms with Crippen molar-refractivity contribution in [3.63, 3.8) is 0 Å². The van der Waals surface area contributed by atoms with E-state index >= 15 is 0 Å². The molecule has 1 aromatic carbocycles. The van der Waals surface area contributed by atoms with Crippen LogP contribution in [0.15, 0.2) is 35.7 Å². The van der Waals surface area contributed by atoms with E-state index in [4.69, 9.17) is 11.6 Å². The molecule has 1 heterocycles. The maximum Gasteiger partial charge on any atom is 0.204 e. The van der Waals surface area contributed by atoms with E-state index in [1.165, 1.54) is 11.3 Å². The first kappa shape index (κ1) is 13.3. The third-order valence-corrected chi connectivity index (χ3v) is 4.14. The van der Waals surface area contributed by atoms with Crippen LogP contribution in [0.3, 0.4) is 0 Å². The van der Waals surface area contributed by atoms with E-state index in [1.807, 2.05) is 29.6 Å². The van der Waals surface area contributed by atoms with Crippen LogP contribution in [0.2, 0.25) is 5.02 Å². The molecule has 0 spiro atoms. The van der Waals surface area contributed by atoms with Crippen LogP contribution < -0.4 is 0 Å². The zero-order chi connectivity index (χ0) is 13.3. The van der Waals surface area contributed by atoms with Crippen LogP contribution in [0.1, 0.15) is 41.6 Å². The highest BCUT2D eigenvalue weighted by Crippen LogP contribution is 2.30. The predicted molar refractivity (Wildman–Crippen MR) is 77.9 cm³/mol. The Morgan fingerprint density at radius 3 is 2.39 bits per heavy atom. The van der Waals surface area contributed by atoms with Crippen LogP contribution in [-0.4, -0.2) is 5.78 Å². The van der Waals surface area contributed by atoms with Gasteiger partial charge in [0.15, 0.2) is 0 Å². The van der Waals surface area contributed by atoms with Crippen LogP contribution in [0.4, 0.5) is 0 Å². The Labute approximate surface area is 116 Å². The fraction of sp³-hybridized carbons (Fsp3) is 0.267. The van der Waals surface area contributed by atoms with E-state index in [9.17, 15) is 4.79 Å². The molecule has 0 amide bonds. The van der Waals surface area contributed by atoms with E-state index in [0.29, 0.717) is 9.90 Å². The molecule has 0 aliphatic carbocycles. The molecule has 1 aromatic heterocycles. The zero-order valence-electron chi connectivity index (χ0n) is 10.7. The van der Waals surface area contributed by atoms with E-state index in [2.05, 4.69) is 20.8 Å². The number of ketones is 1. The van der Waals surface area contributed by atoms with Crippen molar-refractivity contribution >= 4 is 28.7 Å². The average Bonchev–Trinajstić information content (AvgIpc) is 2.73. The van der Waals surface area contributed by atoms with Crippen LogP contribution in [0.25, 0.3) is 0 Å². The molecule has 1 nitrogen and oxygen atoms in total. The largest absolute Gasteiger partial charge is 0.288 e. The lowest BCUT2D eigenvalue weighted by atomic mass is 9.82. The monoisotopic (exact) mass is 278 g/mol. The van der Waals surface area contributed by atoms with Crippen molar-refractivity contribution < 1.29 is 4.79 Å². The van der Waals surface area contributed by atoms with Gasteiger partial charge in [-0.15, -0.1) is 11.3 Å². The van der Waals surface area contributed by atoms with Crippen molar-refractivity contribution in [1.29, 1.82) is 0 Å². The number of thiophene rings is 1. The van der Waals surface area contributed by atoms with Gasteiger partial charge in [-0.2, -0.15) is 0 Å². The summed E-state index contributed by atoms with van der Waals surface area (Å²) < 4.78 is 0. The van der Waals surface area contributed by atoms with Gasteiger partial charge in [-0.1, -0.05) is 56.6 Å². The van der Waals surface area contributed by atoms with Gasteiger partial charge in [0.05, 0.1) is 9.90 Å². The quantitative estimate of drug-likeness (QED) is 0.712. The van der Waals surface area contributed by atoms with Gasteiger partial charge in [0.25, 0.3) is 0 Å². The molecular formula is C15H15ClOS. The second kappa shape index (κ2) is 4.87. The third-order valence-electron chi connectivity index (χ3n) is 2.80. The fourth-order valence-corrected chi connectivity index (χ4v) is 3.01. The molecule has 0 atom stereocenters. The molecule has 0 aliphatic rings. The lowest BCUT2D eigenvalue weighted by Gasteiger charge is -2.22. The van der Waals surface area contributed by atoms with E-state index in [-0.39, 0.29) is 11.2 Å². The Kier molecular flexibility index (Phi) is 3.60. The van der Waals surface area contributed by atoms with Gasteiger partial charge in [0.2, 0.25) is 5.78 Å². The molecule has 18 heavy (non-hydrogen) atoms. The molecule has 2 rings (SSSR count). The molecule has 0 saturated heterocycles. The van der Waals surface area contributed by atoms with Crippen molar-refractivity contribution in [2.24, 2.45) is 0 Å². The Balaban J connectivity index is 2.53. The Morgan fingerprint density at radius 1 is 1.17 bits per heavy atom. The Bertz CT molecular complexity index is 578. The number of carbonyl (C=O) groups excluding carboxylic acids is 1. The first-order valence-electron chi connectivity index (χ1n) is 5.78. The van der Waals surface area contributed by atoms with Gasteiger partial charge < -0.3 is 0 Å². The van der Waals surface area contributed by atoms with E-state index < -0.39 is 0 Å². The lowest BCUT2D eigenvalue weighted by Crippen LogP contribution is -2.17. The minimum atomic E-state index is -0.0595. The maximum atomic E-state index is 12.5. The molecule has 0 radical (unpaired) electrons. The van der Waals surface area contributed by atoms with Gasteiger partial charge in [0, 0.05) is 5.56 Å². The SMILES string of the molecule is CC(C)(C)c1ccccc1C(=O)c1sccc1Cl. The Hall–Kier alpha value is -1.12. The van der Waals surface area contributed by atoms with Crippen molar-refractivity contribution in [2.45, 2.75) is 26.2 Å². The van der Waals surface area contributed by atoms with Crippen molar-refractivity contribution in [1.82, 2.24) is 0 Å². The summed E-state index contributed by atoms with van der Waals surface area (Å²) in [6.07, 6.45) is 0.